The Morgan fingerprint density at radius 1 is 1.27 bits per heavy atom. The van der Waals surface area contributed by atoms with Crippen molar-refractivity contribution in [3.8, 4) is 0 Å². The van der Waals surface area contributed by atoms with Crippen molar-refractivity contribution in [2.75, 3.05) is 0 Å². The number of hydrogen-bond donors (Lipinski definition) is 0. The number of carbonyl (C=O) groups excluding carboxylic acids is 1. The lowest BCUT2D eigenvalue weighted by Crippen LogP contribution is -2.35. The van der Waals surface area contributed by atoms with Gasteiger partial charge in [0.1, 0.15) is 5.78 Å². The van der Waals surface area contributed by atoms with Gasteiger partial charge in [0.2, 0.25) is 0 Å². The van der Waals surface area contributed by atoms with Crippen LogP contribution in [0.2, 0.25) is 0 Å². The minimum atomic E-state index is 0.412. The lowest BCUT2D eigenvalue weighted by molar-refractivity contribution is -0.123. The quantitative estimate of drug-likeness (QED) is 0.600. The van der Waals surface area contributed by atoms with Gasteiger partial charge in [-0.25, -0.2) is 0 Å². The summed E-state index contributed by atoms with van der Waals surface area (Å²) in [4.78, 5) is 11.6. The molecular formula is C14H20O. The van der Waals surface area contributed by atoms with Crippen molar-refractivity contribution in [3.05, 3.63) is 12.2 Å². The Kier molecular flexibility index (Phi) is 2.05. The van der Waals surface area contributed by atoms with Crippen molar-refractivity contribution in [1.29, 1.82) is 0 Å². The van der Waals surface area contributed by atoms with Gasteiger partial charge in [-0.05, 0) is 55.8 Å². The molecule has 2 fully saturated rings. The highest BCUT2D eigenvalue weighted by Gasteiger charge is 2.54. The smallest absolute Gasteiger partial charge is 0.133 e. The molecule has 0 heterocycles. The average Bonchev–Trinajstić information content (AvgIpc) is 2.75. The summed E-state index contributed by atoms with van der Waals surface area (Å²) in [6.45, 7) is 4.15. The summed E-state index contributed by atoms with van der Waals surface area (Å²) < 4.78 is 0. The molecule has 1 heteroatoms. The van der Waals surface area contributed by atoms with E-state index in [2.05, 4.69) is 19.1 Å². The summed E-state index contributed by atoms with van der Waals surface area (Å²) in [5, 5.41) is 0. The van der Waals surface area contributed by atoms with Gasteiger partial charge in [-0.3, -0.25) is 4.79 Å². The number of ketones is 1. The van der Waals surface area contributed by atoms with Crippen LogP contribution in [-0.4, -0.2) is 5.78 Å². The Hall–Kier alpha value is -0.590. The molecule has 0 radical (unpaired) electrons. The van der Waals surface area contributed by atoms with Crippen LogP contribution in [0.15, 0.2) is 12.2 Å². The molecule has 6 unspecified atom stereocenters. The summed E-state index contributed by atoms with van der Waals surface area (Å²) in [5.41, 5.74) is 0. The van der Waals surface area contributed by atoms with Gasteiger partial charge in [-0.2, -0.15) is 0 Å². The van der Waals surface area contributed by atoms with Crippen molar-refractivity contribution >= 4 is 5.78 Å². The molecule has 0 N–H and O–H groups in total. The molecule has 3 rings (SSSR count). The monoisotopic (exact) mass is 204 g/mol. The Morgan fingerprint density at radius 2 is 2.07 bits per heavy atom. The van der Waals surface area contributed by atoms with Crippen LogP contribution in [-0.2, 0) is 4.79 Å². The van der Waals surface area contributed by atoms with Crippen molar-refractivity contribution < 1.29 is 4.79 Å². The maximum atomic E-state index is 11.6. The molecule has 1 nitrogen and oxygen atoms in total. The van der Waals surface area contributed by atoms with Crippen LogP contribution in [0.1, 0.15) is 33.1 Å². The van der Waals surface area contributed by atoms with Crippen LogP contribution in [0.4, 0.5) is 0 Å². The number of rotatable bonds is 1. The predicted molar refractivity (Wildman–Crippen MR) is 60.3 cm³/mol. The Balaban J connectivity index is 1.88. The molecule has 6 atom stereocenters. The van der Waals surface area contributed by atoms with Gasteiger partial charge in [0.25, 0.3) is 0 Å². The van der Waals surface area contributed by atoms with E-state index in [0.717, 1.165) is 29.6 Å². The van der Waals surface area contributed by atoms with Crippen LogP contribution in [0.25, 0.3) is 0 Å². The van der Waals surface area contributed by atoms with Gasteiger partial charge in [-0.1, -0.05) is 19.1 Å². The molecule has 3 aliphatic carbocycles. The molecule has 0 amide bonds. The van der Waals surface area contributed by atoms with E-state index < -0.39 is 0 Å². The van der Waals surface area contributed by atoms with Gasteiger partial charge in [-0.15, -0.1) is 0 Å². The maximum absolute atomic E-state index is 11.6. The minimum absolute atomic E-state index is 0.412. The Labute approximate surface area is 91.9 Å². The van der Waals surface area contributed by atoms with E-state index >= 15 is 0 Å². The van der Waals surface area contributed by atoms with Crippen LogP contribution in [0.5, 0.6) is 0 Å². The Morgan fingerprint density at radius 3 is 2.80 bits per heavy atom. The van der Waals surface area contributed by atoms with E-state index in [1.54, 1.807) is 6.92 Å². The third-order valence-electron chi connectivity index (χ3n) is 5.21. The predicted octanol–water partition coefficient (Wildman–Crippen LogP) is 3.06. The van der Waals surface area contributed by atoms with Gasteiger partial charge in [0.05, 0.1) is 0 Å². The summed E-state index contributed by atoms with van der Waals surface area (Å²) in [5.74, 6) is 4.93. The van der Waals surface area contributed by atoms with Gasteiger partial charge >= 0.3 is 0 Å². The fourth-order valence-corrected chi connectivity index (χ4v) is 4.73. The standard InChI is InChI=1S/C14H20O/c1-8-4-3-5-11-13-7-10(14(8)11)6-12(13)9(2)15/h3-4,8,10-14H,5-7H2,1-2H3. The number of carbonyl (C=O) groups is 1. The highest BCUT2D eigenvalue weighted by atomic mass is 16.1. The maximum Gasteiger partial charge on any atom is 0.133 e. The summed E-state index contributed by atoms with van der Waals surface area (Å²) in [6.07, 6.45) is 8.51. The van der Waals surface area contributed by atoms with Gasteiger partial charge in [0.15, 0.2) is 0 Å². The second-order valence-electron chi connectivity index (χ2n) is 5.88. The molecule has 0 saturated heterocycles. The van der Waals surface area contributed by atoms with Crippen LogP contribution >= 0.6 is 0 Å². The van der Waals surface area contributed by atoms with E-state index in [1.807, 2.05) is 0 Å². The Bertz CT molecular complexity index is 317. The number of Topliss-reactive ketones (excluding diaryl/α,β-unsaturated/α-hetero) is 1. The first-order valence-corrected chi connectivity index (χ1v) is 6.35. The molecule has 0 aromatic carbocycles. The molecule has 2 bridgehead atoms. The van der Waals surface area contributed by atoms with E-state index in [0.29, 0.717) is 11.7 Å². The SMILES string of the molecule is CC(=O)C1CC2CC1C1CC=CC(C)C21. The zero-order valence-electron chi connectivity index (χ0n) is 9.65. The van der Waals surface area contributed by atoms with Crippen molar-refractivity contribution in [3.63, 3.8) is 0 Å². The second kappa shape index (κ2) is 3.20. The normalized spacial score (nSPS) is 51.9. The lowest BCUT2D eigenvalue weighted by atomic mass is 9.65. The molecule has 82 valence electrons. The largest absolute Gasteiger partial charge is 0.300 e. The number of allylic oxidation sites excluding steroid dienone is 2. The van der Waals surface area contributed by atoms with Crippen molar-refractivity contribution in [2.24, 2.45) is 35.5 Å². The lowest BCUT2D eigenvalue weighted by Gasteiger charge is -2.39. The van der Waals surface area contributed by atoms with E-state index in [4.69, 9.17) is 0 Å². The molecule has 15 heavy (non-hydrogen) atoms. The first-order valence-electron chi connectivity index (χ1n) is 6.35. The highest BCUT2D eigenvalue weighted by molar-refractivity contribution is 5.79. The van der Waals surface area contributed by atoms with Gasteiger partial charge in [0, 0.05) is 5.92 Å². The van der Waals surface area contributed by atoms with E-state index in [9.17, 15) is 4.79 Å². The average molecular weight is 204 g/mol. The summed E-state index contributed by atoms with van der Waals surface area (Å²) in [6, 6.07) is 0. The minimum Gasteiger partial charge on any atom is -0.300 e. The van der Waals surface area contributed by atoms with E-state index in [1.165, 1.54) is 19.3 Å². The molecule has 2 saturated carbocycles. The second-order valence-corrected chi connectivity index (χ2v) is 5.88. The summed E-state index contributed by atoms with van der Waals surface area (Å²) in [7, 11) is 0. The molecule has 3 aliphatic rings. The van der Waals surface area contributed by atoms with Crippen molar-refractivity contribution in [1.82, 2.24) is 0 Å². The topological polar surface area (TPSA) is 17.1 Å². The zero-order chi connectivity index (χ0) is 10.6. The molecule has 0 aromatic heterocycles. The van der Waals surface area contributed by atoms with Gasteiger partial charge < -0.3 is 0 Å². The van der Waals surface area contributed by atoms with Crippen molar-refractivity contribution in [2.45, 2.75) is 33.1 Å². The third kappa shape index (κ3) is 1.25. The van der Waals surface area contributed by atoms with Crippen LogP contribution in [0, 0.1) is 35.5 Å². The highest BCUT2D eigenvalue weighted by Crippen LogP contribution is 2.60. The fourth-order valence-electron chi connectivity index (χ4n) is 4.73. The number of fused-ring (bicyclic) bond motifs is 5. The molecule has 0 aromatic rings. The molecule has 0 spiro atoms. The fraction of sp³-hybridized carbons (Fsp3) is 0.786. The van der Waals surface area contributed by atoms with E-state index in [-0.39, 0.29) is 0 Å². The number of hydrogen-bond acceptors (Lipinski definition) is 1. The van der Waals surface area contributed by atoms with Crippen LogP contribution < -0.4 is 0 Å². The third-order valence-corrected chi connectivity index (χ3v) is 5.21. The first-order chi connectivity index (χ1) is 7.18. The zero-order valence-corrected chi connectivity index (χ0v) is 9.65. The molecular weight excluding hydrogens is 184 g/mol. The summed E-state index contributed by atoms with van der Waals surface area (Å²) >= 11 is 0. The van der Waals surface area contributed by atoms with Crippen LogP contribution in [0.3, 0.4) is 0 Å². The first kappa shape index (κ1) is 9.62. The molecule has 0 aliphatic heterocycles.